The van der Waals surface area contributed by atoms with Gasteiger partial charge in [-0.05, 0) is 12.2 Å². The predicted molar refractivity (Wildman–Crippen MR) is 99.3 cm³/mol. The first-order valence-electron chi connectivity index (χ1n) is 9.07. The average molecular weight is 420 g/mol. The van der Waals surface area contributed by atoms with E-state index in [2.05, 4.69) is 0 Å². The maximum atomic E-state index is 11.7. The molecular formula is C18H28O9S. The quantitative estimate of drug-likeness (QED) is 0.309. The zero-order valence-electron chi connectivity index (χ0n) is 16.8. The summed E-state index contributed by atoms with van der Waals surface area (Å²) in [6.45, 7) is 6.69. The largest absolute Gasteiger partial charge is 0.463 e. The molecular weight excluding hydrogens is 392 g/mol. The van der Waals surface area contributed by atoms with Crippen LogP contribution in [0.4, 0.5) is 0 Å². The van der Waals surface area contributed by atoms with Crippen molar-refractivity contribution in [3.05, 3.63) is 0 Å². The molecule has 9 nitrogen and oxygen atoms in total. The summed E-state index contributed by atoms with van der Waals surface area (Å²) in [5.74, 6) is -1.69. The van der Waals surface area contributed by atoms with Crippen molar-refractivity contribution in [1.82, 2.24) is 0 Å². The molecule has 0 radical (unpaired) electrons. The van der Waals surface area contributed by atoms with Gasteiger partial charge in [0.05, 0.1) is 0 Å². The third kappa shape index (κ3) is 8.05. The van der Waals surface area contributed by atoms with Crippen LogP contribution in [0.15, 0.2) is 0 Å². The van der Waals surface area contributed by atoms with E-state index in [1.54, 1.807) is 0 Å². The van der Waals surface area contributed by atoms with Crippen LogP contribution in [-0.4, -0.2) is 66.1 Å². The van der Waals surface area contributed by atoms with Gasteiger partial charge in [0.25, 0.3) is 0 Å². The second-order valence-corrected chi connectivity index (χ2v) is 7.50. The second kappa shape index (κ2) is 11.9. The van der Waals surface area contributed by atoms with Crippen LogP contribution < -0.4 is 0 Å². The van der Waals surface area contributed by atoms with Crippen LogP contribution in [0.25, 0.3) is 0 Å². The van der Waals surface area contributed by atoms with E-state index in [1.165, 1.54) is 39.5 Å². The molecule has 0 aromatic rings. The van der Waals surface area contributed by atoms with Gasteiger partial charge in [0.15, 0.2) is 18.3 Å². The van der Waals surface area contributed by atoms with Gasteiger partial charge in [0.1, 0.15) is 18.1 Å². The lowest BCUT2D eigenvalue weighted by molar-refractivity contribution is -0.237. The van der Waals surface area contributed by atoms with Gasteiger partial charge in [-0.2, -0.15) is 0 Å². The number of carbonyl (C=O) groups is 4. The maximum Gasteiger partial charge on any atom is 0.303 e. The summed E-state index contributed by atoms with van der Waals surface area (Å²) >= 11 is 1.39. The van der Waals surface area contributed by atoms with Crippen molar-refractivity contribution < 1.29 is 42.9 Å². The summed E-state index contributed by atoms with van der Waals surface area (Å²) in [5, 5.41) is 0. The molecule has 0 spiro atoms. The number of rotatable bonds is 9. The van der Waals surface area contributed by atoms with Crippen molar-refractivity contribution in [3.8, 4) is 0 Å². The first-order chi connectivity index (χ1) is 13.1. The van der Waals surface area contributed by atoms with Crippen LogP contribution in [0.5, 0.6) is 0 Å². The topological polar surface area (TPSA) is 114 Å². The summed E-state index contributed by atoms with van der Waals surface area (Å²) in [4.78, 5) is 46.2. The van der Waals surface area contributed by atoms with E-state index in [4.69, 9.17) is 23.7 Å². The van der Waals surface area contributed by atoms with Gasteiger partial charge < -0.3 is 23.7 Å². The zero-order chi connectivity index (χ0) is 21.3. The van der Waals surface area contributed by atoms with E-state index in [0.29, 0.717) is 5.75 Å². The molecule has 0 aromatic heterocycles. The Bertz CT molecular complexity index is 565. The van der Waals surface area contributed by atoms with E-state index in [-0.39, 0.29) is 6.61 Å². The molecule has 0 N–H and O–H groups in total. The first-order valence-corrected chi connectivity index (χ1v) is 10.1. The van der Waals surface area contributed by atoms with Crippen LogP contribution in [0.2, 0.25) is 0 Å². The third-order valence-electron chi connectivity index (χ3n) is 3.73. The fraction of sp³-hybridized carbons (Fsp3) is 0.778. The molecule has 0 saturated carbocycles. The second-order valence-electron chi connectivity index (χ2n) is 6.29. The van der Waals surface area contributed by atoms with Gasteiger partial charge >= 0.3 is 23.9 Å². The van der Waals surface area contributed by atoms with Crippen LogP contribution in [-0.2, 0) is 42.9 Å². The molecule has 160 valence electrons. The first kappa shape index (κ1) is 24.2. The highest BCUT2D eigenvalue weighted by Gasteiger charge is 2.52. The molecule has 1 aliphatic rings. The molecule has 1 rings (SSSR count). The summed E-state index contributed by atoms with van der Waals surface area (Å²) in [6.07, 6.45) is -2.22. The van der Waals surface area contributed by atoms with Gasteiger partial charge in [0.2, 0.25) is 0 Å². The van der Waals surface area contributed by atoms with Crippen LogP contribution in [0, 0.1) is 0 Å². The Kier molecular flexibility index (Phi) is 10.3. The molecule has 0 amide bonds. The van der Waals surface area contributed by atoms with Gasteiger partial charge in [0, 0.05) is 27.7 Å². The Morgan fingerprint density at radius 2 is 1.36 bits per heavy atom. The minimum absolute atomic E-state index is 0.206. The van der Waals surface area contributed by atoms with Crippen LogP contribution >= 0.6 is 11.8 Å². The SMILES string of the molecule is CCCCS[C@@H]1O[C@H](COC(C)=O)[C@@H](OC(C)=O)[C@H](OC(C)=O)[C@H]1OC(C)=O. The Labute approximate surface area is 168 Å². The number of hydrogen-bond acceptors (Lipinski definition) is 10. The number of thioether (sulfide) groups is 1. The normalized spacial score (nSPS) is 26.8. The molecule has 10 heteroatoms. The zero-order valence-corrected chi connectivity index (χ0v) is 17.6. The van der Waals surface area contributed by atoms with Crippen LogP contribution in [0.3, 0.4) is 0 Å². The van der Waals surface area contributed by atoms with Crippen LogP contribution in [0.1, 0.15) is 47.5 Å². The summed E-state index contributed by atoms with van der Waals surface area (Å²) in [7, 11) is 0. The highest BCUT2D eigenvalue weighted by molar-refractivity contribution is 7.99. The number of ether oxygens (including phenoxy) is 5. The van der Waals surface area contributed by atoms with E-state index < -0.39 is 53.7 Å². The lowest BCUT2D eigenvalue weighted by Gasteiger charge is -2.44. The molecule has 0 unspecified atom stereocenters. The Hall–Kier alpha value is -1.81. The fourth-order valence-electron chi connectivity index (χ4n) is 2.67. The number of carbonyl (C=O) groups excluding carboxylic acids is 4. The monoisotopic (exact) mass is 420 g/mol. The van der Waals surface area contributed by atoms with Crippen molar-refractivity contribution in [2.75, 3.05) is 12.4 Å². The van der Waals surface area contributed by atoms with Crippen molar-refractivity contribution in [2.24, 2.45) is 0 Å². The molecule has 1 heterocycles. The number of hydrogen-bond donors (Lipinski definition) is 0. The minimum atomic E-state index is -1.10. The number of unbranched alkanes of at least 4 members (excludes halogenated alkanes) is 1. The van der Waals surface area contributed by atoms with Gasteiger partial charge in [-0.25, -0.2) is 0 Å². The molecule has 0 aromatic carbocycles. The van der Waals surface area contributed by atoms with Gasteiger partial charge in [-0.3, -0.25) is 19.2 Å². The molecule has 0 bridgehead atoms. The molecule has 0 aliphatic carbocycles. The van der Waals surface area contributed by atoms with Crippen molar-refractivity contribution in [3.63, 3.8) is 0 Å². The summed E-state index contributed by atoms with van der Waals surface area (Å²) in [5.41, 5.74) is -0.688. The third-order valence-corrected chi connectivity index (χ3v) is 4.96. The number of esters is 4. The van der Waals surface area contributed by atoms with E-state index in [9.17, 15) is 19.2 Å². The summed E-state index contributed by atoms with van der Waals surface area (Å²) < 4.78 is 27.0. The lowest BCUT2D eigenvalue weighted by Crippen LogP contribution is -2.61. The van der Waals surface area contributed by atoms with E-state index in [1.807, 2.05) is 6.92 Å². The average Bonchev–Trinajstić information content (AvgIpc) is 2.57. The van der Waals surface area contributed by atoms with Crippen molar-refractivity contribution in [2.45, 2.75) is 77.3 Å². The minimum Gasteiger partial charge on any atom is -0.463 e. The predicted octanol–water partition coefficient (Wildman–Crippen LogP) is 1.60. The highest BCUT2D eigenvalue weighted by Crippen LogP contribution is 2.34. The van der Waals surface area contributed by atoms with Crippen molar-refractivity contribution in [1.29, 1.82) is 0 Å². The Morgan fingerprint density at radius 1 is 0.821 bits per heavy atom. The smallest absolute Gasteiger partial charge is 0.303 e. The lowest BCUT2D eigenvalue weighted by atomic mass is 9.99. The molecule has 28 heavy (non-hydrogen) atoms. The van der Waals surface area contributed by atoms with E-state index >= 15 is 0 Å². The van der Waals surface area contributed by atoms with Crippen molar-refractivity contribution >= 4 is 35.6 Å². The Balaban J connectivity index is 3.21. The van der Waals surface area contributed by atoms with E-state index in [0.717, 1.165) is 12.8 Å². The molecule has 1 aliphatic heterocycles. The molecule has 5 atom stereocenters. The summed E-state index contributed by atoms with van der Waals surface area (Å²) in [6, 6.07) is 0. The van der Waals surface area contributed by atoms with Gasteiger partial charge in [-0.1, -0.05) is 13.3 Å². The highest BCUT2D eigenvalue weighted by atomic mass is 32.2. The molecule has 1 saturated heterocycles. The fourth-order valence-corrected chi connectivity index (χ4v) is 3.98. The molecule has 1 fully saturated rings. The maximum absolute atomic E-state index is 11.7. The Morgan fingerprint density at radius 3 is 1.86 bits per heavy atom. The van der Waals surface area contributed by atoms with Gasteiger partial charge in [-0.15, -0.1) is 11.8 Å². The standard InChI is InChI=1S/C18H28O9S/c1-6-7-8-28-18-17(26-13(5)22)16(25-12(4)21)15(24-11(3)20)14(27-18)9-23-10(2)19/h14-18H,6-9H2,1-5H3/t14-,15-,16+,17-,18+/m1/s1.